The second-order valence-corrected chi connectivity index (χ2v) is 4.20. The highest BCUT2D eigenvalue weighted by molar-refractivity contribution is 5.82. The standard InChI is InChI=1S/C14H17N/c1-11(15)6-7-12-8-9-13-4-2-3-5-14(13)10-12/h2-5,8-11H,6-7,15H2,1H3/t11-/m0/s1. The molecule has 0 aliphatic carbocycles. The van der Waals surface area contributed by atoms with Crippen LogP contribution in [-0.2, 0) is 6.42 Å². The molecular formula is C14H17N. The number of benzene rings is 2. The Balaban J connectivity index is 2.23. The van der Waals surface area contributed by atoms with Crippen molar-refractivity contribution >= 4 is 10.8 Å². The van der Waals surface area contributed by atoms with Gasteiger partial charge in [-0.2, -0.15) is 0 Å². The second-order valence-electron chi connectivity index (χ2n) is 4.20. The molecule has 15 heavy (non-hydrogen) atoms. The highest BCUT2D eigenvalue weighted by atomic mass is 14.6. The van der Waals surface area contributed by atoms with Crippen molar-refractivity contribution < 1.29 is 0 Å². The maximum atomic E-state index is 5.75. The molecule has 0 radical (unpaired) electrons. The summed E-state index contributed by atoms with van der Waals surface area (Å²) >= 11 is 0. The zero-order valence-corrected chi connectivity index (χ0v) is 9.11. The van der Waals surface area contributed by atoms with Gasteiger partial charge in [-0.25, -0.2) is 0 Å². The van der Waals surface area contributed by atoms with E-state index in [0.29, 0.717) is 0 Å². The second kappa shape index (κ2) is 4.45. The van der Waals surface area contributed by atoms with Crippen LogP contribution < -0.4 is 5.73 Å². The number of aryl methyl sites for hydroxylation is 1. The van der Waals surface area contributed by atoms with Gasteiger partial charge in [0.2, 0.25) is 0 Å². The molecule has 2 aromatic carbocycles. The molecular weight excluding hydrogens is 182 g/mol. The lowest BCUT2D eigenvalue weighted by atomic mass is 10.0. The smallest absolute Gasteiger partial charge is 0.00136 e. The van der Waals surface area contributed by atoms with Crippen molar-refractivity contribution in [3.63, 3.8) is 0 Å². The Bertz CT molecular complexity index is 446. The fraction of sp³-hybridized carbons (Fsp3) is 0.286. The molecule has 78 valence electrons. The number of rotatable bonds is 3. The van der Waals surface area contributed by atoms with Crippen molar-refractivity contribution in [1.82, 2.24) is 0 Å². The summed E-state index contributed by atoms with van der Waals surface area (Å²) in [5.41, 5.74) is 7.13. The Hall–Kier alpha value is -1.34. The SMILES string of the molecule is C[C@H](N)CCc1ccc2ccccc2c1. The lowest BCUT2D eigenvalue weighted by molar-refractivity contribution is 0.666. The fourth-order valence-electron chi connectivity index (χ4n) is 1.79. The summed E-state index contributed by atoms with van der Waals surface area (Å²) in [5, 5.41) is 2.63. The first kappa shape index (κ1) is 10.2. The molecule has 1 atom stereocenters. The number of hydrogen-bond acceptors (Lipinski definition) is 1. The molecule has 0 heterocycles. The van der Waals surface area contributed by atoms with Crippen LogP contribution in [0.3, 0.4) is 0 Å². The number of hydrogen-bond donors (Lipinski definition) is 1. The van der Waals surface area contributed by atoms with Crippen LogP contribution in [-0.4, -0.2) is 6.04 Å². The third kappa shape index (κ3) is 2.57. The van der Waals surface area contributed by atoms with Gasteiger partial charge < -0.3 is 5.73 Å². The molecule has 0 spiro atoms. The van der Waals surface area contributed by atoms with Crippen LogP contribution in [0.4, 0.5) is 0 Å². The molecule has 0 aliphatic heterocycles. The van der Waals surface area contributed by atoms with Gasteiger partial charge in [0.1, 0.15) is 0 Å². The topological polar surface area (TPSA) is 26.0 Å². The number of nitrogens with two attached hydrogens (primary N) is 1. The first-order chi connectivity index (χ1) is 7.25. The zero-order valence-electron chi connectivity index (χ0n) is 9.11. The van der Waals surface area contributed by atoms with Gasteiger partial charge in [-0.1, -0.05) is 42.5 Å². The van der Waals surface area contributed by atoms with Crippen molar-refractivity contribution in [3.05, 3.63) is 48.0 Å². The molecule has 1 nitrogen and oxygen atoms in total. The molecule has 0 unspecified atom stereocenters. The summed E-state index contributed by atoms with van der Waals surface area (Å²) < 4.78 is 0. The molecule has 0 aromatic heterocycles. The minimum Gasteiger partial charge on any atom is -0.328 e. The molecule has 2 rings (SSSR count). The minimum absolute atomic E-state index is 0.288. The average Bonchev–Trinajstić information content (AvgIpc) is 2.26. The quantitative estimate of drug-likeness (QED) is 0.807. The first-order valence-corrected chi connectivity index (χ1v) is 5.49. The van der Waals surface area contributed by atoms with E-state index < -0.39 is 0 Å². The first-order valence-electron chi connectivity index (χ1n) is 5.49. The van der Waals surface area contributed by atoms with Crippen molar-refractivity contribution in [3.8, 4) is 0 Å². The van der Waals surface area contributed by atoms with Crippen LogP contribution in [0.1, 0.15) is 18.9 Å². The fourth-order valence-corrected chi connectivity index (χ4v) is 1.79. The lowest BCUT2D eigenvalue weighted by Crippen LogP contribution is -2.15. The Morgan fingerprint density at radius 2 is 1.80 bits per heavy atom. The van der Waals surface area contributed by atoms with Crippen LogP contribution in [0.2, 0.25) is 0 Å². The van der Waals surface area contributed by atoms with E-state index in [9.17, 15) is 0 Å². The molecule has 2 N–H and O–H groups in total. The Labute approximate surface area is 90.9 Å². The molecule has 0 saturated heterocycles. The van der Waals surface area contributed by atoms with E-state index >= 15 is 0 Å². The maximum absolute atomic E-state index is 5.75. The van der Waals surface area contributed by atoms with Crippen LogP contribution in [0, 0.1) is 0 Å². The summed E-state index contributed by atoms with van der Waals surface area (Å²) in [4.78, 5) is 0. The van der Waals surface area contributed by atoms with E-state index in [-0.39, 0.29) is 6.04 Å². The Morgan fingerprint density at radius 1 is 1.07 bits per heavy atom. The van der Waals surface area contributed by atoms with Crippen molar-refractivity contribution in [1.29, 1.82) is 0 Å². The van der Waals surface area contributed by atoms with Gasteiger partial charge in [0.25, 0.3) is 0 Å². The maximum Gasteiger partial charge on any atom is 0.00136 e. The minimum atomic E-state index is 0.288. The molecule has 0 aliphatic rings. The van der Waals surface area contributed by atoms with E-state index in [1.165, 1.54) is 16.3 Å². The van der Waals surface area contributed by atoms with Crippen LogP contribution in [0.15, 0.2) is 42.5 Å². The molecule has 2 aromatic rings. The normalized spacial score (nSPS) is 12.9. The predicted octanol–water partition coefficient (Wildman–Crippen LogP) is 3.12. The van der Waals surface area contributed by atoms with E-state index in [1.54, 1.807) is 0 Å². The van der Waals surface area contributed by atoms with Gasteiger partial charge in [0.15, 0.2) is 0 Å². The van der Waals surface area contributed by atoms with E-state index in [0.717, 1.165) is 12.8 Å². The largest absolute Gasteiger partial charge is 0.328 e. The molecule has 0 bridgehead atoms. The summed E-state index contributed by atoms with van der Waals surface area (Å²) in [6, 6.07) is 15.4. The summed E-state index contributed by atoms with van der Waals surface area (Å²) in [6.45, 7) is 2.06. The van der Waals surface area contributed by atoms with Gasteiger partial charge in [-0.15, -0.1) is 0 Å². The van der Waals surface area contributed by atoms with Crippen molar-refractivity contribution in [2.45, 2.75) is 25.8 Å². The molecule has 0 fully saturated rings. The van der Waals surface area contributed by atoms with Crippen LogP contribution in [0.5, 0.6) is 0 Å². The van der Waals surface area contributed by atoms with Crippen LogP contribution in [0.25, 0.3) is 10.8 Å². The Morgan fingerprint density at radius 3 is 2.53 bits per heavy atom. The Kier molecular flexibility index (Phi) is 3.02. The van der Waals surface area contributed by atoms with Crippen LogP contribution >= 0.6 is 0 Å². The van der Waals surface area contributed by atoms with Gasteiger partial charge in [-0.3, -0.25) is 0 Å². The number of fused-ring (bicyclic) bond motifs is 1. The lowest BCUT2D eigenvalue weighted by Gasteiger charge is -2.06. The van der Waals surface area contributed by atoms with E-state index in [2.05, 4.69) is 49.4 Å². The van der Waals surface area contributed by atoms with Gasteiger partial charge >= 0.3 is 0 Å². The molecule has 1 heteroatoms. The summed E-state index contributed by atoms with van der Waals surface area (Å²) in [5.74, 6) is 0. The zero-order chi connectivity index (χ0) is 10.7. The van der Waals surface area contributed by atoms with Crippen molar-refractivity contribution in [2.24, 2.45) is 5.73 Å². The van der Waals surface area contributed by atoms with E-state index in [1.807, 2.05) is 0 Å². The molecule has 0 amide bonds. The predicted molar refractivity (Wildman–Crippen MR) is 65.9 cm³/mol. The highest BCUT2D eigenvalue weighted by Gasteiger charge is 1.98. The summed E-state index contributed by atoms with van der Waals surface area (Å²) in [7, 11) is 0. The monoisotopic (exact) mass is 199 g/mol. The van der Waals surface area contributed by atoms with Crippen molar-refractivity contribution in [2.75, 3.05) is 0 Å². The van der Waals surface area contributed by atoms with Gasteiger partial charge in [0, 0.05) is 6.04 Å². The average molecular weight is 199 g/mol. The highest BCUT2D eigenvalue weighted by Crippen LogP contribution is 2.16. The van der Waals surface area contributed by atoms with E-state index in [4.69, 9.17) is 5.73 Å². The third-order valence-electron chi connectivity index (χ3n) is 2.70. The molecule has 0 saturated carbocycles. The summed E-state index contributed by atoms with van der Waals surface area (Å²) in [6.07, 6.45) is 2.13. The van der Waals surface area contributed by atoms with Gasteiger partial charge in [-0.05, 0) is 36.1 Å². The third-order valence-corrected chi connectivity index (χ3v) is 2.70. The van der Waals surface area contributed by atoms with Gasteiger partial charge in [0.05, 0.1) is 0 Å².